The van der Waals surface area contributed by atoms with Crippen LogP contribution in [-0.4, -0.2) is 59.4 Å². The predicted molar refractivity (Wildman–Crippen MR) is 84.0 cm³/mol. The summed E-state index contributed by atoms with van der Waals surface area (Å²) in [5.74, 6) is -0.431. The number of carbonyl (C=O) groups is 1. The molecular formula is C12H16Cl3N3O4. The van der Waals surface area contributed by atoms with Crippen LogP contribution in [0.3, 0.4) is 0 Å². The summed E-state index contributed by atoms with van der Waals surface area (Å²) in [4.78, 5) is 19.2. The average molecular weight is 373 g/mol. The first-order valence-corrected chi connectivity index (χ1v) is 7.57. The fraction of sp³-hybridized carbons (Fsp3) is 0.583. The van der Waals surface area contributed by atoms with Crippen LogP contribution in [0.1, 0.15) is 17.4 Å². The zero-order valence-corrected chi connectivity index (χ0v) is 14.2. The maximum atomic E-state index is 11.6. The smallest absolute Gasteiger partial charge is 0.358 e. The summed E-state index contributed by atoms with van der Waals surface area (Å²) >= 11 is 17.3. The molecule has 0 saturated carbocycles. The lowest BCUT2D eigenvalue weighted by Gasteiger charge is -2.17. The van der Waals surface area contributed by atoms with Crippen molar-refractivity contribution in [1.29, 1.82) is 0 Å². The summed E-state index contributed by atoms with van der Waals surface area (Å²) in [6.45, 7) is 2.18. The highest BCUT2D eigenvalue weighted by molar-refractivity contribution is 6.36. The minimum absolute atomic E-state index is 0.00360. The number of rotatable bonds is 8. The number of nitrogens with one attached hydrogen (secondary N) is 1. The maximum Gasteiger partial charge on any atom is 0.358 e. The van der Waals surface area contributed by atoms with Crippen molar-refractivity contribution in [3.63, 3.8) is 0 Å². The summed E-state index contributed by atoms with van der Waals surface area (Å²) in [6.07, 6.45) is -0.725. The van der Waals surface area contributed by atoms with Crippen molar-refractivity contribution in [2.75, 3.05) is 31.5 Å². The van der Waals surface area contributed by atoms with E-state index in [4.69, 9.17) is 39.5 Å². The van der Waals surface area contributed by atoms with Crippen LogP contribution in [0.25, 0.3) is 0 Å². The summed E-state index contributed by atoms with van der Waals surface area (Å²) in [6, 6.07) is -0.212. The molecule has 1 aromatic rings. The predicted octanol–water partition coefficient (Wildman–Crippen LogP) is 1.99. The molecule has 10 heteroatoms. The summed E-state index contributed by atoms with van der Waals surface area (Å²) in [5.41, 5.74) is -0.127. The van der Waals surface area contributed by atoms with Gasteiger partial charge in [0.2, 0.25) is 5.28 Å². The number of carbonyl (C=O) groups excluding carboxylic acids is 1. The number of ether oxygens (including phenoxy) is 2. The Labute approximate surface area is 142 Å². The second-order valence-electron chi connectivity index (χ2n) is 4.39. The average Bonchev–Trinajstić information content (AvgIpc) is 2.49. The first-order chi connectivity index (χ1) is 10.4. The first-order valence-electron chi connectivity index (χ1n) is 6.28. The third kappa shape index (κ3) is 5.73. The van der Waals surface area contributed by atoms with Gasteiger partial charge in [-0.2, -0.15) is 4.98 Å². The Bertz CT molecular complexity index is 519. The van der Waals surface area contributed by atoms with E-state index in [-0.39, 0.29) is 47.0 Å². The number of alkyl halides is 1. The van der Waals surface area contributed by atoms with E-state index in [1.807, 2.05) is 0 Å². The van der Waals surface area contributed by atoms with Crippen molar-refractivity contribution in [2.24, 2.45) is 0 Å². The van der Waals surface area contributed by atoms with E-state index in [9.17, 15) is 9.90 Å². The molecule has 0 fully saturated rings. The van der Waals surface area contributed by atoms with Crippen molar-refractivity contribution in [2.45, 2.75) is 19.1 Å². The normalized spacial score (nSPS) is 13.5. The number of methoxy groups -OCH3 is 1. The van der Waals surface area contributed by atoms with Crippen LogP contribution >= 0.6 is 34.8 Å². The maximum absolute atomic E-state index is 11.6. The molecule has 0 spiro atoms. The van der Waals surface area contributed by atoms with Gasteiger partial charge in [0.1, 0.15) is 5.02 Å². The number of hydrogen-bond acceptors (Lipinski definition) is 7. The van der Waals surface area contributed by atoms with Gasteiger partial charge in [0.05, 0.1) is 32.3 Å². The molecule has 0 aliphatic rings. The van der Waals surface area contributed by atoms with Gasteiger partial charge in [-0.15, -0.1) is 11.6 Å². The van der Waals surface area contributed by atoms with Gasteiger partial charge >= 0.3 is 5.97 Å². The van der Waals surface area contributed by atoms with Crippen molar-refractivity contribution >= 4 is 46.6 Å². The number of anilines is 1. The van der Waals surface area contributed by atoms with Crippen LogP contribution in [0.2, 0.25) is 10.3 Å². The third-order valence-corrected chi connectivity index (χ3v) is 3.33. The fourth-order valence-electron chi connectivity index (χ4n) is 1.45. The summed E-state index contributed by atoms with van der Waals surface area (Å²) in [5, 5.41) is 12.1. The van der Waals surface area contributed by atoms with Crippen molar-refractivity contribution in [3.8, 4) is 0 Å². The molecule has 2 atom stereocenters. The van der Waals surface area contributed by atoms with Crippen LogP contribution in [0.5, 0.6) is 0 Å². The molecule has 124 valence electrons. The lowest BCUT2D eigenvalue weighted by atomic mass is 10.3. The fourth-order valence-corrected chi connectivity index (χ4v) is 1.92. The SMILES string of the molecule is COC(=O)c1nc(Cl)nc(N[C@H](C)COC[C@@H](O)CCl)c1Cl. The van der Waals surface area contributed by atoms with Gasteiger partial charge in [0, 0.05) is 6.04 Å². The highest BCUT2D eigenvalue weighted by atomic mass is 35.5. The van der Waals surface area contributed by atoms with Crippen LogP contribution in [0.4, 0.5) is 5.82 Å². The largest absolute Gasteiger partial charge is 0.464 e. The van der Waals surface area contributed by atoms with Gasteiger partial charge < -0.3 is 19.9 Å². The second-order valence-corrected chi connectivity index (χ2v) is 5.41. The Morgan fingerprint density at radius 3 is 2.64 bits per heavy atom. The number of esters is 1. The van der Waals surface area contributed by atoms with Gasteiger partial charge in [-0.1, -0.05) is 11.6 Å². The molecule has 0 amide bonds. The number of halogens is 3. The van der Waals surface area contributed by atoms with E-state index in [1.165, 1.54) is 7.11 Å². The Balaban J connectivity index is 2.72. The van der Waals surface area contributed by atoms with Gasteiger partial charge in [-0.3, -0.25) is 0 Å². The van der Waals surface area contributed by atoms with E-state index in [1.54, 1.807) is 6.92 Å². The monoisotopic (exact) mass is 371 g/mol. The van der Waals surface area contributed by atoms with Crippen molar-refractivity contribution in [1.82, 2.24) is 9.97 Å². The van der Waals surface area contributed by atoms with Crippen molar-refractivity contribution < 1.29 is 19.4 Å². The molecule has 7 nitrogen and oxygen atoms in total. The molecule has 22 heavy (non-hydrogen) atoms. The molecule has 0 unspecified atom stereocenters. The number of nitrogens with zero attached hydrogens (tertiary/aromatic N) is 2. The Kier molecular flexibility index (Phi) is 8.13. The van der Waals surface area contributed by atoms with E-state index in [0.29, 0.717) is 0 Å². The standard InChI is InChI=1S/C12H16Cl3N3O4/c1-6(4-22-5-7(19)3-13)16-10-8(14)9(11(20)21-2)17-12(15)18-10/h6-7,19H,3-5H2,1-2H3,(H,16,17,18)/t6-,7+/m1/s1. The lowest BCUT2D eigenvalue weighted by molar-refractivity contribution is 0.0453. The lowest BCUT2D eigenvalue weighted by Crippen LogP contribution is -2.26. The minimum atomic E-state index is -0.725. The highest BCUT2D eigenvalue weighted by Crippen LogP contribution is 2.25. The number of aliphatic hydroxyl groups excluding tert-OH is 1. The van der Waals surface area contributed by atoms with Gasteiger partial charge in [-0.25, -0.2) is 9.78 Å². The Morgan fingerprint density at radius 2 is 2.05 bits per heavy atom. The van der Waals surface area contributed by atoms with Crippen LogP contribution in [-0.2, 0) is 9.47 Å². The quantitative estimate of drug-likeness (QED) is 0.409. The van der Waals surface area contributed by atoms with Gasteiger partial charge in [0.25, 0.3) is 0 Å². The highest BCUT2D eigenvalue weighted by Gasteiger charge is 2.20. The summed E-state index contributed by atoms with van der Waals surface area (Å²) in [7, 11) is 1.21. The minimum Gasteiger partial charge on any atom is -0.464 e. The molecule has 1 aromatic heterocycles. The van der Waals surface area contributed by atoms with Crippen LogP contribution < -0.4 is 5.32 Å². The molecule has 2 N–H and O–H groups in total. The molecular weight excluding hydrogens is 357 g/mol. The molecule has 1 heterocycles. The number of aromatic nitrogens is 2. The zero-order chi connectivity index (χ0) is 16.7. The molecule has 0 saturated heterocycles. The van der Waals surface area contributed by atoms with E-state index in [0.717, 1.165) is 0 Å². The molecule has 0 aromatic carbocycles. The Morgan fingerprint density at radius 1 is 1.36 bits per heavy atom. The van der Waals surface area contributed by atoms with Crippen LogP contribution in [0.15, 0.2) is 0 Å². The molecule has 0 aliphatic heterocycles. The molecule has 0 aliphatic carbocycles. The van der Waals surface area contributed by atoms with Crippen LogP contribution in [0, 0.1) is 0 Å². The van der Waals surface area contributed by atoms with Gasteiger partial charge in [-0.05, 0) is 18.5 Å². The Hall–Kier alpha value is -0.860. The second kappa shape index (κ2) is 9.32. The van der Waals surface area contributed by atoms with E-state index in [2.05, 4.69) is 20.0 Å². The summed E-state index contributed by atoms with van der Waals surface area (Å²) < 4.78 is 9.85. The van der Waals surface area contributed by atoms with E-state index < -0.39 is 12.1 Å². The number of aliphatic hydroxyl groups is 1. The number of hydrogen-bond donors (Lipinski definition) is 2. The molecule has 0 radical (unpaired) electrons. The molecule has 0 bridgehead atoms. The topological polar surface area (TPSA) is 93.6 Å². The van der Waals surface area contributed by atoms with Crippen molar-refractivity contribution in [3.05, 3.63) is 16.0 Å². The first kappa shape index (κ1) is 19.2. The van der Waals surface area contributed by atoms with E-state index >= 15 is 0 Å². The third-order valence-electron chi connectivity index (χ3n) is 2.44. The zero-order valence-electron chi connectivity index (χ0n) is 12.0. The molecule has 1 rings (SSSR count). The van der Waals surface area contributed by atoms with Gasteiger partial charge in [0.15, 0.2) is 11.5 Å².